The lowest BCUT2D eigenvalue weighted by atomic mass is 9.94. The zero-order valence-electron chi connectivity index (χ0n) is 58.0. The van der Waals surface area contributed by atoms with Crippen LogP contribution in [0.25, 0.3) is 66.8 Å². The number of fused-ring (bicyclic) bond motifs is 4. The summed E-state index contributed by atoms with van der Waals surface area (Å²) in [6.07, 6.45) is -24.6. The number of benzene rings is 6. The highest BCUT2D eigenvalue weighted by atomic mass is 19.1. The fourth-order valence-electron chi connectivity index (χ4n) is 7.45. The lowest BCUT2D eigenvalue weighted by Crippen LogP contribution is -2.01. The first-order chi connectivity index (χ1) is 41.3. The van der Waals surface area contributed by atoms with Crippen LogP contribution in [0.2, 0.25) is 0 Å². The van der Waals surface area contributed by atoms with E-state index in [4.69, 9.17) is 20.9 Å². The fraction of sp³-hybridized carbons (Fsp3) is 0.150. The predicted octanol–water partition coefficient (Wildman–Crippen LogP) is 14.4. The Kier molecular flexibility index (Phi) is 6.05. The first kappa shape index (κ1) is 21.9. The molecular formula is C60H48FN3O. The van der Waals surface area contributed by atoms with Crippen LogP contribution in [0.4, 0.5) is 4.39 Å². The molecule has 0 saturated carbocycles. The molecule has 65 heavy (non-hydrogen) atoms. The summed E-state index contributed by atoms with van der Waals surface area (Å²) in [6, 6.07) is 24.3. The number of furan rings is 1. The summed E-state index contributed by atoms with van der Waals surface area (Å²) in [5, 5.41) is 0.430. The second kappa shape index (κ2) is 17.9. The number of hydrogen-bond acceptors (Lipinski definition) is 4. The minimum Gasteiger partial charge on any atom is -0.455 e. The van der Waals surface area contributed by atoms with Crippen molar-refractivity contribution in [3.8, 4) is 44.9 Å². The molecule has 0 N–H and O–H groups in total. The molecule has 0 saturated heterocycles. The zero-order valence-corrected chi connectivity index (χ0v) is 34.0. The maximum absolute atomic E-state index is 16.1. The minimum absolute atomic E-state index is 0.0330. The van der Waals surface area contributed by atoms with Crippen molar-refractivity contribution < 1.29 is 41.7 Å². The van der Waals surface area contributed by atoms with Crippen molar-refractivity contribution in [3.05, 3.63) is 233 Å². The quantitative estimate of drug-likeness (QED) is 0.116. The largest absolute Gasteiger partial charge is 0.455 e. The van der Waals surface area contributed by atoms with E-state index in [1.807, 2.05) is 0 Å². The molecule has 11 rings (SSSR count). The maximum atomic E-state index is 16.1. The van der Waals surface area contributed by atoms with E-state index in [9.17, 15) is 16.4 Å². The number of halogens is 1. The number of aryl methyl sites for hydroxylation is 8. The van der Waals surface area contributed by atoms with Gasteiger partial charge < -0.3 is 4.42 Å². The van der Waals surface area contributed by atoms with Gasteiger partial charge in [0.05, 0.1) is 30.9 Å². The van der Waals surface area contributed by atoms with Gasteiger partial charge in [0.15, 0.2) is 0 Å². The van der Waals surface area contributed by atoms with E-state index in [-0.39, 0.29) is 61.1 Å². The molecule has 0 spiro atoms. The Morgan fingerprint density at radius 2 is 1.08 bits per heavy atom. The highest BCUT2D eigenvalue weighted by Crippen LogP contribution is 2.40. The van der Waals surface area contributed by atoms with E-state index in [2.05, 4.69) is 15.0 Å². The summed E-state index contributed by atoms with van der Waals surface area (Å²) >= 11 is 0. The van der Waals surface area contributed by atoms with Gasteiger partial charge >= 0.3 is 0 Å². The average molecular weight is 870 g/mol. The Morgan fingerprint density at radius 1 is 0.492 bits per heavy atom. The van der Waals surface area contributed by atoms with Gasteiger partial charge in [-0.15, -0.1) is 0 Å². The lowest BCUT2D eigenvalue weighted by molar-refractivity contribution is 0.622. The molecule has 0 unspecified atom stereocenters. The summed E-state index contributed by atoms with van der Waals surface area (Å²) in [5.74, 6) is -1.22. The third-order valence-corrected chi connectivity index (χ3v) is 10.6. The fourth-order valence-corrected chi connectivity index (χ4v) is 7.45. The van der Waals surface area contributed by atoms with Crippen LogP contribution in [0.5, 0.6) is 0 Å². The SMILES string of the molecule is [2H]c1cc2c(oc3c(-c4ccc(C([2H])([2H])C([2H])([2H])c5cc(C([2H])([2H])C([2H])([2H])c6ccc(-c7ccccc7)nc6)cc(C([2H])([2H])C([2H])([2H])c6ccc(-c7ccc8c(c7)C([2H])([2H])C([2H])([2H])C8([2H])[2H])nc6)c5)cn4)cccc32)c(-c2c([2H])c([2H])c([2H])c([2H])c2[2H])c1F. The second-order valence-electron chi connectivity index (χ2n) is 14.9. The Labute approximate surface area is 413 Å². The van der Waals surface area contributed by atoms with E-state index in [1.54, 1.807) is 42.5 Å². The highest BCUT2D eigenvalue weighted by molar-refractivity contribution is 6.12. The number of para-hydroxylation sites is 1. The van der Waals surface area contributed by atoms with Gasteiger partial charge in [-0.2, -0.15) is 0 Å². The van der Waals surface area contributed by atoms with Crippen molar-refractivity contribution in [1.29, 1.82) is 0 Å². The average Bonchev–Trinajstić information content (AvgIpc) is 1.74. The standard InChI is InChI=1S/C60H48FN3O/c61-54-29-28-52-51-15-8-16-53(59(51)65-60(52)58(54)48-11-5-2-6-12-48)57-32-25-42(39-64-57)19-22-45-34-43(20-17-40-23-30-55(62-37-40)47-9-3-1-4-10-47)33-44(35-45)21-18-41-24-31-56(63-38-41)50-27-26-46-13-7-14-49(46)36-50/h1-6,8-12,15-16,23-39H,7,13-14,17-22H2/i2D,5D,6D,7D2,11D,12D,13D2,14D2,17D2,18D2,19D2,20D2,21D2,22D2,29D. The van der Waals surface area contributed by atoms with Crippen LogP contribution >= 0.6 is 0 Å². The smallest absolute Gasteiger partial charge is 0.146 e. The maximum Gasteiger partial charge on any atom is 0.146 e. The molecule has 316 valence electrons. The molecule has 10 aromatic rings. The van der Waals surface area contributed by atoms with Gasteiger partial charge in [0.2, 0.25) is 0 Å². The number of pyridine rings is 3. The van der Waals surface area contributed by atoms with Gasteiger partial charge in [-0.05, 0) is 150 Å². The number of aromatic nitrogens is 3. The molecule has 5 heteroatoms. The molecular weight excluding hydrogens is 798 g/mol. The molecule has 0 radical (unpaired) electrons. The van der Waals surface area contributed by atoms with Crippen molar-refractivity contribution in [2.45, 2.75) is 57.4 Å². The van der Waals surface area contributed by atoms with Crippen molar-refractivity contribution in [2.75, 3.05) is 0 Å². The number of rotatable bonds is 13. The monoisotopic (exact) mass is 870 g/mol. The van der Waals surface area contributed by atoms with E-state index < -0.39 is 138 Å². The molecule has 1 aliphatic carbocycles. The van der Waals surface area contributed by atoms with E-state index >= 15 is 4.39 Å². The summed E-state index contributed by atoms with van der Waals surface area (Å²) in [6.45, 7) is 0. The van der Waals surface area contributed by atoms with Gasteiger partial charge in [-0.25, -0.2) is 4.39 Å². The molecule has 0 fully saturated rings. The number of hydrogen-bond donors (Lipinski definition) is 0. The summed E-state index contributed by atoms with van der Waals surface area (Å²) in [4.78, 5) is 13.2. The zero-order chi connectivity index (χ0) is 64.9. The van der Waals surface area contributed by atoms with E-state index in [0.29, 0.717) is 11.3 Å². The molecule has 6 aromatic carbocycles. The van der Waals surface area contributed by atoms with Crippen LogP contribution in [0, 0.1) is 5.82 Å². The van der Waals surface area contributed by atoms with Crippen LogP contribution < -0.4 is 0 Å². The Balaban J connectivity index is 0.988. The molecule has 0 aliphatic heterocycles. The summed E-state index contributed by atoms with van der Waals surface area (Å²) < 4.78 is 236. The van der Waals surface area contributed by atoms with Gasteiger partial charge in [-0.3, -0.25) is 15.0 Å². The Hall–Kier alpha value is -7.50. The van der Waals surface area contributed by atoms with Gasteiger partial charge in [0.25, 0.3) is 0 Å². The van der Waals surface area contributed by atoms with Crippen LogP contribution in [-0.2, 0) is 51.0 Å². The van der Waals surface area contributed by atoms with Crippen LogP contribution in [-0.4, -0.2) is 15.0 Å². The third-order valence-electron chi connectivity index (χ3n) is 10.6. The van der Waals surface area contributed by atoms with Crippen molar-refractivity contribution >= 4 is 21.9 Å². The van der Waals surface area contributed by atoms with Crippen molar-refractivity contribution in [3.63, 3.8) is 0 Å². The highest BCUT2D eigenvalue weighted by Gasteiger charge is 2.19. The van der Waals surface area contributed by atoms with Crippen LogP contribution in [0.3, 0.4) is 0 Å². The Morgan fingerprint density at radius 3 is 1.71 bits per heavy atom. The molecule has 0 atom stereocenters. The molecule has 4 heterocycles. The second-order valence-corrected chi connectivity index (χ2v) is 14.9. The van der Waals surface area contributed by atoms with Gasteiger partial charge in [-0.1, -0.05) is 121 Å². The first-order valence-electron chi connectivity index (χ1n) is 32.3. The first-order valence-corrected chi connectivity index (χ1v) is 20.3. The van der Waals surface area contributed by atoms with Gasteiger partial charge in [0, 0.05) is 70.7 Å². The van der Waals surface area contributed by atoms with Crippen molar-refractivity contribution in [2.24, 2.45) is 0 Å². The molecule has 4 nitrogen and oxygen atoms in total. The normalized spacial score (nSPS) is 21.3. The van der Waals surface area contributed by atoms with Crippen LogP contribution in [0.1, 0.15) is 83.8 Å². The van der Waals surface area contributed by atoms with E-state index in [1.165, 1.54) is 54.6 Å². The third kappa shape index (κ3) is 8.62. The number of nitrogens with zero attached hydrogens (tertiary/aromatic N) is 3. The summed E-state index contributed by atoms with van der Waals surface area (Å²) in [7, 11) is 0. The minimum atomic E-state index is -3.32. The predicted molar refractivity (Wildman–Crippen MR) is 262 cm³/mol. The van der Waals surface area contributed by atoms with Crippen LogP contribution in [0.15, 0.2) is 187 Å². The summed E-state index contributed by atoms with van der Waals surface area (Å²) in [5.41, 5.74) is -3.52. The topological polar surface area (TPSA) is 51.8 Å². The molecule has 0 amide bonds. The van der Waals surface area contributed by atoms with Gasteiger partial charge in [0.1, 0.15) is 17.0 Å². The van der Waals surface area contributed by atoms with E-state index in [0.717, 1.165) is 48.9 Å². The lowest BCUT2D eigenvalue weighted by Gasteiger charge is -2.12. The molecule has 0 bridgehead atoms. The Bertz CT molecular complexity index is 4470. The molecule has 1 aliphatic rings. The molecule has 4 aromatic heterocycles. The van der Waals surface area contributed by atoms with Crippen molar-refractivity contribution in [1.82, 2.24) is 15.0 Å².